The zero-order valence-corrected chi connectivity index (χ0v) is 15.3. The second-order valence-corrected chi connectivity index (χ2v) is 7.46. The summed E-state index contributed by atoms with van der Waals surface area (Å²) >= 11 is 0. The van der Waals surface area contributed by atoms with E-state index in [-0.39, 0.29) is 11.9 Å². The predicted octanol–water partition coefficient (Wildman–Crippen LogP) is 3.61. The molecule has 2 aliphatic rings. The average Bonchev–Trinajstić information content (AvgIpc) is 3.22. The van der Waals surface area contributed by atoms with Crippen LogP contribution in [0.4, 0.5) is 10.5 Å². The van der Waals surface area contributed by atoms with Gasteiger partial charge in [0.05, 0.1) is 0 Å². The molecule has 2 bridgehead atoms. The lowest BCUT2D eigenvalue weighted by Gasteiger charge is -2.23. The molecule has 0 aliphatic heterocycles. The average molecular weight is 343 g/mol. The van der Waals surface area contributed by atoms with E-state index in [4.69, 9.17) is 0 Å². The lowest BCUT2D eigenvalue weighted by molar-refractivity contribution is -0.129. The van der Waals surface area contributed by atoms with E-state index in [0.717, 1.165) is 29.6 Å². The van der Waals surface area contributed by atoms with Crippen LogP contribution in [0, 0.1) is 17.8 Å². The van der Waals surface area contributed by atoms with Crippen LogP contribution in [-0.2, 0) is 11.3 Å². The Morgan fingerprint density at radius 2 is 2.00 bits per heavy atom. The highest BCUT2D eigenvalue weighted by atomic mass is 16.2. The van der Waals surface area contributed by atoms with Crippen molar-refractivity contribution in [2.24, 2.45) is 17.8 Å². The molecule has 5 nitrogen and oxygen atoms in total. The first-order chi connectivity index (χ1) is 12.1. The minimum absolute atomic E-state index is 0.0399. The van der Waals surface area contributed by atoms with Crippen LogP contribution < -0.4 is 10.6 Å². The van der Waals surface area contributed by atoms with E-state index in [2.05, 4.69) is 10.6 Å². The molecule has 3 unspecified atom stereocenters. The quantitative estimate of drug-likeness (QED) is 0.829. The largest absolute Gasteiger partial charge is 0.339 e. The standard InChI is InChI=1S/C20H29N3O2/c1-3-23(14(2)24)13-17-6-4-5-7-19(17)22-20(25)21-12-18-11-15-8-9-16(18)10-15/h4-7,15-16,18H,3,8-13H2,1-2H3,(H2,21,22,25). The number of fused-ring (bicyclic) bond motifs is 2. The molecule has 1 aromatic rings. The van der Waals surface area contributed by atoms with Gasteiger partial charge < -0.3 is 15.5 Å². The maximum absolute atomic E-state index is 12.3. The second kappa shape index (κ2) is 7.89. The van der Waals surface area contributed by atoms with Gasteiger partial charge in [-0.25, -0.2) is 4.79 Å². The van der Waals surface area contributed by atoms with Crippen LogP contribution in [0.5, 0.6) is 0 Å². The molecule has 2 N–H and O–H groups in total. The van der Waals surface area contributed by atoms with Crippen LogP contribution in [0.3, 0.4) is 0 Å². The lowest BCUT2D eigenvalue weighted by atomic mass is 9.89. The van der Waals surface area contributed by atoms with E-state index in [1.807, 2.05) is 31.2 Å². The van der Waals surface area contributed by atoms with Crippen molar-refractivity contribution < 1.29 is 9.59 Å². The maximum Gasteiger partial charge on any atom is 0.319 e. The summed E-state index contributed by atoms with van der Waals surface area (Å²) in [5, 5.41) is 6.00. The first-order valence-electron chi connectivity index (χ1n) is 9.45. The summed E-state index contributed by atoms with van der Waals surface area (Å²) in [5.74, 6) is 2.39. The van der Waals surface area contributed by atoms with Crippen molar-refractivity contribution in [2.45, 2.75) is 46.1 Å². The van der Waals surface area contributed by atoms with Gasteiger partial charge in [0.2, 0.25) is 5.91 Å². The number of carbonyl (C=O) groups is 2. The number of amides is 3. The number of nitrogens with one attached hydrogen (secondary N) is 2. The number of para-hydroxylation sites is 1. The first-order valence-corrected chi connectivity index (χ1v) is 9.45. The third-order valence-electron chi connectivity index (χ3n) is 5.86. The molecule has 3 atom stereocenters. The predicted molar refractivity (Wildman–Crippen MR) is 99.2 cm³/mol. The number of urea groups is 1. The van der Waals surface area contributed by atoms with Crippen LogP contribution in [0.2, 0.25) is 0 Å². The van der Waals surface area contributed by atoms with Crippen molar-refractivity contribution in [1.29, 1.82) is 0 Å². The summed E-state index contributed by atoms with van der Waals surface area (Å²) in [7, 11) is 0. The van der Waals surface area contributed by atoms with Gasteiger partial charge in [0.1, 0.15) is 0 Å². The molecule has 25 heavy (non-hydrogen) atoms. The van der Waals surface area contributed by atoms with E-state index in [1.165, 1.54) is 25.7 Å². The zero-order valence-electron chi connectivity index (χ0n) is 15.3. The minimum atomic E-state index is -0.152. The van der Waals surface area contributed by atoms with Crippen LogP contribution in [0.15, 0.2) is 24.3 Å². The Balaban J connectivity index is 1.55. The molecule has 2 fully saturated rings. The monoisotopic (exact) mass is 343 g/mol. The Bertz CT molecular complexity index is 631. The smallest absolute Gasteiger partial charge is 0.319 e. The van der Waals surface area contributed by atoms with Gasteiger partial charge in [-0.05, 0) is 55.6 Å². The van der Waals surface area contributed by atoms with Crippen LogP contribution in [-0.4, -0.2) is 29.9 Å². The number of carbonyl (C=O) groups excluding carboxylic acids is 2. The minimum Gasteiger partial charge on any atom is -0.339 e. The van der Waals surface area contributed by atoms with E-state index >= 15 is 0 Å². The van der Waals surface area contributed by atoms with Crippen molar-refractivity contribution in [1.82, 2.24) is 10.2 Å². The molecule has 3 rings (SSSR count). The SMILES string of the molecule is CCN(Cc1ccccc1NC(=O)NCC1CC2CCC1C2)C(C)=O. The molecule has 0 radical (unpaired) electrons. The van der Waals surface area contributed by atoms with Gasteiger partial charge in [0.15, 0.2) is 0 Å². The number of nitrogens with zero attached hydrogens (tertiary/aromatic N) is 1. The molecule has 5 heteroatoms. The van der Waals surface area contributed by atoms with Crippen molar-refractivity contribution >= 4 is 17.6 Å². The molecule has 3 amide bonds. The van der Waals surface area contributed by atoms with Crippen molar-refractivity contribution in [3.63, 3.8) is 0 Å². The second-order valence-electron chi connectivity index (χ2n) is 7.46. The molecule has 2 saturated carbocycles. The molecule has 2 aliphatic carbocycles. The highest BCUT2D eigenvalue weighted by molar-refractivity contribution is 5.90. The van der Waals surface area contributed by atoms with Crippen LogP contribution >= 0.6 is 0 Å². The number of rotatable bonds is 6. The van der Waals surface area contributed by atoms with E-state index in [9.17, 15) is 9.59 Å². The number of hydrogen-bond acceptors (Lipinski definition) is 2. The van der Waals surface area contributed by atoms with E-state index in [0.29, 0.717) is 19.0 Å². The molecule has 0 spiro atoms. The molecule has 0 aromatic heterocycles. The highest BCUT2D eigenvalue weighted by Crippen LogP contribution is 2.47. The normalized spacial score (nSPS) is 24.2. The van der Waals surface area contributed by atoms with Crippen molar-refractivity contribution in [2.75, 3.05) is 18.4 Å². The summed E-state index contributed by atoms with van der Waals surface area (Å²) in [6.45, 7) is 5.46. The van der Waals surface area contributed by atoms with E-state index in [1.54, 1.807) is 11.8 Å². The topological polar surface area (TPSA) is 61.4 Å². The molecule has 136 valence electrons. The van der Waals surface area contributed by atoms with Crippen molar-refractivity contribution in [3.05, 3.63) is 29.8 Å². The molecule has 0 heterocycles. The van der Waals surface area contributed by atoms with Gasteiger partial charge in [0, 0.05) is 32.2 Å². The summed E-state index contributed by atoms with van der Waals surface area (Å²) in [5.41, 5.74) is 1.72. The lowest BCUT2D eigenvalue weighted by Crippen LogP contribution is -2.35. The Labute approximate surface area is 150 Å². The molecule has 1 aromatic carbocycles. The summed E-state index contributed by atoms with van der Waals surface area (Å²) in [4.78, 5) is 25.7. The zero-order chi connectivity index (χ0) is 17.8. The summed E-state index contributed by atoms with van der Waals surface area (Å²) < 4.78 is 0. The van der Waals surface area contributed by atoms with Gasteiger partial charge in [0.25, 0.3) is 0 Å². The number of benzene rings is 1. The molecular formula is C20H29N3O2. The van der Waals surface area contributed by atoms with Gasteiger partial charge in [-0.1, -0.05) is 24.6 Å². The molecule has 0 saturated heterocycles. The van der Waals surface area contributed by atoms with E-state index < -0.39 is 0 Å². The maximum atomic E-state index is 12.3. The third kappa shape index (κ3) is 4.33. The Hall–Kier alpha value is -2.04. The van der Waals surface area contributed by atoms with Crippen LogP contribution in [0.25, 0.3) is 0 Å². The fourth-order valence-corrected chi connectivity index (χ4v) is 4.45. The van der Waals surface area contributed by atoms with Gasteiger partial charge in [-0.3, -0.25) is 4.79 Å². The van der Waals surface area contributed by atoms with Gasteiger partial charge >= 0.3 is 6.03 Å². The summed E-state index contributed by atoms with van der Waals surface area (Å²) in [6.07, 6.45) is 5.34. The van der Waals surface area contributed by atoms with Crippen LogP contribution in [0.1, 0.15) is 45.1 Å². The molecular weight excluding hydrogens is 314 g/mol. The highest BCUT2D eigenvalue weighted by Gasteiger charge is 2.39. The Kier molecular flexibility index (Phi) is 5.61. The Morgan fingerprint density at radius 3 is 2.64 bits per heavy atom. The van der Waals surface area contributed by atoms with Gasteiger partial charge in [-0.2, -0.15) is 0 Å². The first kappa shape index (κ1) is 17.8. The fraction of sp³-hybridized carbons (Fsp3) is 0.600. The summed E-state index contributed by atoms with van der Waals surface area (Å²) in [6, 6.07) is 7.53. The third-order valence-corrected chi connectivity index (χ3v) is 5.86. The number of anilines is 1. The van der Waals surface area contributed by atoms with Gasteiger partial charge in [-0.15, -0.1) is 0 Å². The Morgan fingerprint density at radius 1 is 1.20 bits per heavy atom. The number of hydrogen-bond donors (Lipinski definition) is 2. The van der Waals surface area contributed by atoms with Crippen molar-refractivity contribution in [3.8, 4) is 0 Å². The fourth-order valence-electron chi connectivity index (χ4n) is 4.45.